The zero-order valence-corrected chi connectivity index (χ0v) is 23.8. The van der Waals surface area contributed by atoms with E-state index in [0.29, 0.717) is 47.8 Å². The van der Waals surface area contributed by atoms with E-state index in [1.165, 1.54) is 18.3 Å². The lowest BCUT2D eigenvalue weighted by atomic mass is 9.95. The molecule has 0 aliphatic heterocycles. The summed E-state index contributed by atoms with van der Waals surface area (Å²) in [5.74, 6) is -2.31. The van der Waals surface area contributed by atoms with Gasteiger partial charge in [-0.1, -0.05) is 18.2 Å². The van der Waals surface area contributed by atoms with Crippen LogP contribution in [0.2, 0.25) is 0 Å². The Morgan fingerprint density at radius 3 is 2.35 bits per heavy atom. The molecule has 1 aliphatic carbocycles. The number of carbonyl (C=O) groups is 1. The van der Waals surface area contributed by atoms with Crippen LogP contribution in [0.5, 0.6) is 0 Å². The minimum absolute atomic E-state index is 0.0996. The van der Waals surface area contributed by atoms with Gasteiger partial charge in [-0.05, 0) is 73.6 Å². The van der Waals surface area contributed by atoms with Gasteiger partial charge in [-0.25, -0.2) is 17.2 Å². The van der Waals surface area contributed by atoms with Crippen LogP contribution >= 0.6 is 0 Å². The van der Waals surface area contributed by atoms with E-state index in [-0.39, 0.29) is 28.9 Å². The largest absolute Gasteiger partial charge is 0.435 e. The number of amides is 1. The molecule has 5 rings (SSSR count). The highest BCUT2D eigenvalue weighted by molar-refractivity contribution is 7.90. The van der Waals surface area contributed by atoms with E-state index in [4.69, 9.17) is 0 Å². The van der Waals surface area contributed by atoms with Crippen LogP contribution in [0.15, 0.2) is 65.7 Å². The van der Waals surface area contributed by atoms with Crippen molar-refractivity contribution in [1.29, 1.82) is 0 Å². The Labute approximate surface area is 244 Å². The number of hydrogen-bond donors (Lipinski definition) is 1. The summed E-state index contributed by atoms with van der Waals surface area (Å²) >= 11 is 0. The minimum atomic E-state index is -4.66. The van der Waals surface area contributed by atoms with Gasteiger partial charge in [-0.3, -0.25) is 14.5 Å². The average Bonchev–Trinajstić information content (AvgIpc) is 3.31. The molecule has 0 spiro atoms. The van der Waals surface area contributed by atoms with E-state index < -0.39 is 51.8 Å². The van der Waals surface area contributed by atoms with Crippen molar-refractivity contribution in [3.63, 3.8) is 0 Å². The Bertz CT molecular complexity index is 1750. The van der Waals surface area contributed by atoms with Crippen LogP contribution in [0, 0.1) is 11.6 Å². The summed E-state index contributed by atoms with van der Waals surface area (Å²) in [5.41, 5.74) is 1.07. The molecule has 43 heavy (non-hydrogen) atoms. The fourth-order valence-corrected chi connectivity index (χ4v) is 6.04. The lowest BCUT2D eigenvalue weighted by Crippen LogP contribution is -2.34. The fraction of sp³-hybridized carbons (Fsp3) is 0.300. The van der Waals surface area contributed by atoms with Gasteiger partial charge in [0.15, 0.2) is 15.5 Å². The molecule has 0 radical (unpaired) electrons. The molecular weight excluding hydrogens is 591 g/mol. The lowest BCUT2D eigenvalue weighted by molar-refractivity contribution is -0.142. The van der Waals surface area contributed by atoms with E-state index in [2.05, 4.69) is 15.4 Å². The quantitative estimate of drug-likeness (QED) is 0.259. The highest BCUT2D eigenvalue weighted by Crippen LogP contribution is 2.36. The van der Waals surface area contributed by atoms with Crippen molar-refractivity contribution in [2.45, 2.75) is 55.8 Å². The Morgan fingerprint density at radius 2 is 1.70 bits per heavy atom. The Kier molecular flexibility index (Phi) is 8.37. The van der Waals surface area contributed by atoms with Crippen LogP contribution in [-0.4, -0.2) is 35.3 Å². The third-order valence-electron chi connectivity index (χ3n) is 7.28. The molecule has 0 bridgehead atoms. The van der Waals surface area contributed by atoms with Crippen LogP contribution in [-0.2, 0) is 46.6 Å². The zero-order valence-electron chi connectivity index (χ0n) is 23.0. The van der Waals surface area contributed by atoms with E-state index in [1.54, 1.807) is 24.3 Å². The van der Waals surface area contributed by atoms with Gasteiger partial charge in [-0.2, -0.15) is 18.3 Å². The first kappa shape index (κ1) is 30.3. The smallest absolute Gasteiger partial charge is 0.346 e. The van der Waals surface area contributed by atoms with Gasteiger partial charge >= 0.3 is 6.18 Å². The molecule has 2 aromatic heterocycles. The van der Waals surface area contributed by atoms with Gasteiger partial charge in [0.2, 0.25) is 5.91 Å². The van der Waals surface area contributed by atoms with Gasteiger partial charge in [0, 0.05) is 35.3 Å². The van der Waals surface area contributed by atoms with Gasteiger partial charge in [-0.15, -0.1) is 0 Å². The summed E-state index contributed by atoms with van der Waals surface area (Å²) in [5, 5.41) is 6.54. The highest BCUT2D eigenvalue weighted by Gasteiger charge is 2.39. The third kappa shape index (κ3) is 6.93. The highest BCUT2D eigenvalue weighted by atomic mass is 32.2. The summed E-state index contributed by atoms with van der Waals surface area (Å²) in [7, 11) is -3.46. The number of nitrogens with one attached hydrogen (secondary N) is 1. The molecule has 4 aromatic rings. The van der Waals surface area contributed by atoms with Crippen LogP contribution in [0.3, 0.4) is 0 Å². The number of halogens is 5. The monoisotopic (exact) mass is 618 g/mol. The number of fused-ring (bicyclic) bond motifs is 1. The van der Waals surface area contributed by atoms with Gasteiger partial charge < -0.3 is 5.32 Å². The summed E-state index contributed by atoms with van der Waals surface area (Å²) in [6.07, 6.45) is -0.390. The standard InChI is InChI=1S/C30H27F5N4O3S/c1-43(41,42)22-10-8-19(9-11-22)23-6-4-12-36-28(23)25(15-18-13-20(31)16-21(32)14-18)37-27(40)17-39-26-7-3-2-5-24(26)29(38-39)30(33,34)35/h4,6,8-14,16,25H,2-3,5,7,15,17H2,1H3,(H,37,40). The van der Waals surface area contributed by atoms with Crippen molar-refractivity contribution in [3.8, 4) is 11.1 Å². The molecular formula is C30H27F5N4O3S. The van der Waals surface area contributed by atoms with Crippen LogP contribution in [0.1, 0.15) is 47.1 Å². The molecule has 2 heterocycles. The van der Waals surface area contributed by atoms with Gasteiger partial charge in [0.25, 0.3) is 0 Å². The average molecular weight is 619 g/mol. The van der Waals surface area contributed by atoms with Crippen molar-refractivity contribution < 1.29 is 35.2 Å². The van der Waals surface area contributed by atoms with Crippen molar-refractivity contribution in [1.82, 2.24) is 20.1 Å². The number of sulfone groups is 1. The summed E-state index contributed by atoms with van der Waals surface area (Å²) < 4.78 is 94.2. The van der Waals surface area contributed by atoms with Gasteiger partial charge in [0.05, 0.1) is 16.6 Å². The molecule has 0 fully saturated rings. The number of alkyl halides is 3. The third-order valence-corrected chi connectivity index (χ3v) is 8.41. The SMILES string of the molecule is CS(=O)(=O)c1ccc(-c2cccnc2C(Cc2cc(F)cc(F)c2)NC(=O)Cn2nc(C(F)(F)F)c3c2CCCC3)cc1. The van der Waals surface area contributed by atoms with Crippen LogP contribution < -0.4 is 5.32 Å². The number of pyridine rings is 1. The number of carbonyl (C=O) groups excluding carboxylic acids is 1. The molecule has 1 aliphatic rings. The molecule has 1 atom stereocenters. The molecule has 7 nitrogen and oxygen atoms in total. The molecule has 1 amide bonds. The maximum atomic E-state index is 14.1. The second-order valence-corrected chi connectivity index (χ2v) is 12.5. The summed E-state index contributed by atoms with van der Waals surface area (Å²) in [6.45, 7) is -0.502. The Hall–Kier alpha value is -4.13. The second-order valence-electron chi connectivity index (χ2n) is 10.5. The van der Waals surface area contributed by atoms with E-state index >= 15 is 0 Å². The normalized spacial score (nSPS) is 14.3. The summed E-state index contributed by atoms with van der Waals surface area (Å²) in [4.78, 5) is 17.9. The first-order valence-electron chi connectivity index (χ1n) is 13.4. The predicted octanol–water partition coefficient (Wildman–Crippen LogP) is 5.62. The van der Waals surface area contributed by atoms with E-state index in [0.717, 1.165) is 23.1 Å². The second kappa shape index (κ2) is 11.9. The van der Waals surface area contributed by atoms with Crippen molar-refractivity contribution >= 4 is 15.7 Å². The number of benzene rings is 2. The molecule has 13 heteroatoms. The number of nitrogens with zero attached hydrogens (tertiary/aromatic N) is 3. The fourth-order valence-electron chi connectivity index (χ4n) is 5.41. The van der Waals surface area contributed by atoms with Crippen LogP contribution in [0.25, 0.3) is 11.1 Å². The number of aromatic nitrogens is 3. The first-order chi connectivity index (χ1) is 20.3. The van der Waals surface area contributed by atoms with E-state index in [9.17, 15) is 35.2 Å². The zero-order chi connectivity index (χ0) is 30.9. The first-order valence-corrected chi connectivity index (χ1v) is 15.3. The molecule has 2 aromatic carbocycles. The predicted molar refractivity (Wildman–Crippen MR) is 148 cm³/mol. The van der Waals surface area contributed by atoms with Gasteiger partial charge in [0.1, 0.15) is 18.2 Å². The molecule has 1 N–H and O–H groups in total. The number of hydrogen-bond acceptors (Lipinski definition) is 5. The van der Waals surface area contributed by atoms with Crippen molar-refractivity contribution in [2.24, 2.45) is 0 Å². The minimum Gasteiger partial charge on any atom is -0.346 e. The van der Waals surface area contributed by atoms with E-state index in [1.807, 2.05) is 0 Å². The van der Waals surface area contributed by atoms with Crippen molar-refractivity contribution in [3.05, 3.63) is 101 Å². The maximum Gasteiger partial charge on any atom is 0.435 e. The topological polar surface area (TPSA) is 94.0 Å². The molecule has 0 saturated heterocycles. The summed E-state index contributed by atoms with van der Waals surface area (Å²) in [6, 6.07) is 11.3. The van der Waals surface area contributed by atoms with Crippen LogP contribution in [0.4, 0.5) is 22.0 Å². The number of rotatable bonds is 8. The molecule has 0 saturated carbocycles. The Balaban J connectivity index is 1.50. The van der Waals surface area contributed by atoms with Crippen molar-refractivity contribution in [2.75, 3.05) is 6.26 Å². The maximum absolute atomic E-state index is 14.1. The molecule has 1 unspecified atom stereocenters. The lowest BCUT2D eigenvalue weighted by Gasteiger charge is -2.22. The Morgan fingerprint density at radius 1 is 1.02 bits per heavy atom. The molecule has 226 valence electrons.